The molecular weight excluding hydrogens is 363 g/mol. The zero-order valence-corrected chi connectivity index (χ0v) is 16.6. The van der Waals surface area contributed by atoms with Gasteiger partial charge in [-0.15, -0.1) is 0 Å². The maximum absolute atomic E-state index is 13.2. The van der Waals surface area contributed by atoms with Crippen LogP contribution in [0.25, 0.3) is 0 Å². The summed E-state index contributed by atoms with van der Waals surface area (Å²) < 4.78 is 13.2. The third kappa shape index (κ3) is 4.70. The molecule has 3 aromatic rings. The van der Waals surface area contributed by atoms with Gasteiger partial charge in [0.2, 0.25) is 0 Å². The SMILES string of the molecule is Cc1cccc(Cc2cccc(C3CCCN(C(=O)c4ccc(F)cc4)C3)n2)c1. The Labute approximate surface area is 171 Å². The fraction of sp³-hybridized carbons (Fsp3) is 0.280. The Morgan fingerprint density at radius 1 is 1.10 bits per heavy atom. The van der Waals surface area contributed by atoms with E-state index in [1.807, 2.05) is 4.90 Å². The summed E-state index contributed by atoms with van der Waals surface area (Å²) in [5, 5.41) is 0. The Morgan fingerprint density at radius 2 is 1.90 bits per heavy atom. The van der Waals surface area contributed by atoms with Crippen LogP contribution in [0.4, 0.5) is 4.39 Å². The van der Waals surface area contributed by atoms with Crippen LogP contribution in [0.1, 0.15) is 51.6 Å². The summed E-state index contributed by atoms with van der Waals surface area (Å²) in [7, 11) is 0. The van der Waals surface area contributed by atoms with Crippen LogP contribution in [0.5, 0.6) is 0 Å². The molecule has 1 aromatic heterocycles. The van der Waals surface area contributed by atoms with Gasteiger partial charge in [-0.2, -0.15) is 0 Å². The van der Waals surface area contributed by atoms with Crippen molar-refractivity contribution < 1.29 is 9.18 Å². The largest absolute Gasteiger partial charge is 0.338 e. The van der Waals surface area contributed by atoms with E-state index in [0.29, 0.717) is 12.1 Å². The predicted molar refractivity (Wildman–Crippen MR) is 113 cm³/mol. The van der Waals surface area contributed by atoms with Crippen molar-refractivity contribution in [2.24, 2.45) is 0 Å². The molecule has 1 aliphatic rings. The van der Waals surface area contributed by atoms with Crippen molar-refractivity contribution in [3.8, 4) is 0 Å². The summed E-state index contributed by atoms with van der Waals surface area (Å²) in [4.78, 5) is 19.6. The van der Waals surface area contributed by atoms with Crippen molar-refractivity contribution in [1.29, 1.82) is 0 Å². The lowest BCUT2D eigenvalue weighted by atomic mass is 9.93. The molecule has 2 aromatic carbocycles. The molecule has 0 spiro atoms. The molecule has 1 amide bonds. The van der Waals surface area contributed by atoms with Gasteiger partial charge >= 0.3 is 0 Å². The highest BCUT2D eigenvalue weighted by atomic mass is 19.1. The second-order valence-corrected chi connectivity index (χ2v) is 7.82. The molecule has 1 saturated heterocycles. The summed E-state index contributed by atoms with van der Waals surface area (Å²) in [5.41, 5.74) is 5.14. The average molecular weight is 388 g/mol. The first-order valence-electron chi connectivity index (χ1n) is 10.1. The average Bonchev–Trinajstić information content (AvgIpc) is 2.74. The fourth-order valence-corrected chi connectivity index (χ4v) is 4.03. The van der Waals surface area contributed by atoms with Crippen LogP contribution in [0.2, 0.25) is 0 Å². The normalized spacial score (nSPS) is 16.6. The van der Waals surface area contributed by atoms with Gasteiger partial charge in [-0.05, 0) is 61.7 Å². The number of halogens is 1. The van der Waals surface area contributed by atoms with Crippen molar-refractivity contribution in [3.05, 3.63) is 101 Å². The van der Waals surface area contributed by atoms with Crippen LogP contribution < -0.4 is 0 Å². The van der Waals surface area contributed by atoms with Crippen LogP contribution in [0, 0.1) is 12.7 Å². The van der Waals surface area contributed by atoms with Gasteiger partial charge in [0.1, 0.15) is 5.82 Å². The van der Waals surface area contributed by atoms with E-state index in [4.69, 9.17) is 4.98 Å². The summed E-state index contributed by atoms with van der Waals surface area (Å²) in [5.74, 6) is -0.135. The molecule has 0 saturated carbocycles. The summed E-state index contributed by atoms with van der Waals surface area (Å²) >= 11 is 0. The Morgan fingerprint density at radius 3 is 2.69 bits per heavy atom. The molecule has 1 unspecified atom stereocenters. The minimum Gasteiger partial charge on any atom is -0.338 e. The van der Waals surface area contributed by atoms with E-state index in [-0.39, 0.29) is 17.6 Å². The molecule has 148 valence electrons. The van der Waals surface area contributed by atoms with Gasteiger partial charge in [-0.3, -0.25) is 9.78 Å². The molecule has 1 atom stereocenters. The van der Waals surface area contributed by atoms with Gasteiger partial charge in [0.05, 0.1) is 0 Å². The first-order valence-corrected chi connectivity index (χ1v) is 10.1. The third-order valence-electron chi connectivity index (χ3n) is 5.51. The lowest BCUT2D eigenvalue weighted by Gasteiger charge is -2.32. The smallest absolute Gasteiger partial charge is 0.253 e. The molecule has 0 bridgehead atoms. The zero-order valence-electron chi connectivity index (χ0n) is 16.6. The Hall–Kier alpha value is -3.01. The number of benzene rings is 2. The zero-order chi connectivity index (χ0) is 20.2. The predicted octanol–water partition coefficient (Wildman–Crippen LogP) is 5.14. The molecule has 0 aliphatic carbocycles. The third-order valence-corrected chi connectivity index (χ3v) is 5.51. The number of aryl methyl sites for hydroxylation is 1. The quantitative estimate of drug-likeness (QED) is 0.620. The summed E-state index contributed by atoms with van der Waals surface area (Å²) in [6.45, 7) is 3.48. The molecule has 4 rings (SSSR count). The van der Waals surface area contributed by atoms with Gasteiger partial charge in [0.25, 0.3) is 5.91 Å². The van der Waals surface area contributed by atoms with Crippen molar-refractivity contribution in [2.45, 2.75) is 32.1 Å². The number of aromatic nitrogens is 1. The Kier molecular flexibility index (Phi) is 5.70. The molecule has 0 radical (unpaired) electrons. The maximum atomic E-state index is 13.2. The second-order valence-electron chi connectivity index (χ2n) is 7.82. The number of nitrogens with zero attached hydrogens (tertiary/aromatic N) is 2. The minimum absolute atomic E-state index is 0.0365. The summed E-state index contributed by atoms with van der Waals surface area (Å²) in [6, 6.07) is 20.5. The topological polar surface area (TPSA) is 33.2 Å². The minimum atomic E-state index is -0.326. The number of rotatable bonds is 4. The molecule has 2 heterocycles. The van der Waals surface area contributed by atoms with E-state index < -0.39 is 0 Å². The monoisotopic (exact) mass is 388 g/mol. The lowest BCUT2D eigenvalue weighted by molar-refractivity contribution is 0.0706. The van der Waals surface area contributed by atoms with E-state index in [1.165, 1.54) is 23.3 Å². The highest BCUT2D eigenvalue weighted by Gasteiger charge is 2.26. The van der Waals surface area contributed by atoms with Gasteiger partial charge in [-0.25, -0.2) is 4.39 Å². The van der Waals surface area contributed by atoms with Crippen LogP contribution in [-0.2, 0) is 6.42 Å². The molecule has 29 heavy (non-hydrogen) atoms. The van der Waals surface area contributed by atoms with Crippen LogP contribution in [0.3, 0.4) is 0 Å². The standard InChI is InChI=1S/C25H25FN2O/c1-18-5-2-6-19(15-18)16-23-8-3-9-24(27-23)21-7-4-14-28(17-21)25(29)20-10-12-22(26)13-11-20/h2-3,5-6,8-13,15,21H,4,7,14,16-17H2,1H3. The number of carbonyl (C=O) groups is 1. The molecule has 1 fully saturated rings. The van der Waals surface area contributed by atoms with Crippen molar-refractivity contribution in [1.82, 2.24) is 9.88 Å². The van der Waals surface area contributed by atoms with Crippen LogP contribution in [0.15, 0.2) is 66.7 Å². The maximum Gasteiger partial charge on any atom is 0.253 e. The van der Waals surface area contributed by atoms with Gasteiger partial charge in [0.15, 0.2) is 0 Å². The number of likely N-dealkylation sites (tertiary alicyclic amines) is 1. The number of amides is 1. The van der Waals surface area contributed by atoms with Crippen LogP contribution >= 0.6 is 0 Å². The van der Waals surface area contributed by atoms with E-state index in [0.717, 1.165) is 37.2 Å². The van der Waals surface area contributed by atoms with E-state index in [9.17, 15) is 9.18 Å². The Balaban J connectivity index is 1.48. The number of piperidine rings is 1. The van der Waals surface area contributed by atoms with Gasteiger partial charge in [0, 0.05) is 42.4 Å². The number of hydrogen-bond donors (Lipinski definition) is 0. The van der Waals surface area contributed by atoms with Gasteiger partial charge < -0.3 is 4.90 Å². The fourth-order valence-electron chi connectivity index (χ4n) is 4.03. The number of pyridine rings is 1. The molecular formula is C25H25FN2O. The molecule has 0 N–H and O–H groups in total. The molecule has 4 heteroatoms. The summed E-state index contributed by atoms with van der Waals surface area (Å²) in [6.07, 6.45) is 2.77. The van der Waals surface area contributed by atoms with E-state index >= 15 is 0 Å². The first-order chi connectivity index (χ1) is 14.1. The first kappa shape index (κ1) is 19.3. The van der Waals surface area contributed by atoms with Crippen molar-refractivity contribution in [3.63, 3.8) is 0 Å². The molecule has 1 aliphatic heterocycles. The van der Waals surface area contributed by atoms with Crippen LogP contribution in [-0.4, -0.2) is 28.9 Å². The van der Waals surface area contributed by atoms with Gasteiger partial charge in [-0.1, -0.05) is 35.9 Å². The highest BCUT2D eigenvalue weighted by Crippen LogP contribution is 2.27. The van der Waals surface area contributed by atoms with E-state index in [1.54, 1.807) is 12.1 Å². The molecule has 3 nitrogen and oxygen atoms in total. The van der Waals surface area contributed by atoms with E-state index in [2.05, 4.69) is 49.4 Å². The van der Waals surface area contributed by atoms with Crippen molar-refractivity contribution in [2.75, 3.05) is 13.1 Å². The number of carbonyl (C=O) groups excluding carboxylic acids is 1. The highest BCUT2D eigenvalue weighted by molar-refractivity contribution is 5.94. The lowest BCUT2D eigenvalue weighted by Crippen LogP contribution is -2.39. The Bertz CT molecular complexity index is 1000. The van der Waals surface area contributed by atoms with Crippen molar-refractivity contribution >= 4 is 5.91 Å². The second kappa shape index (κ2) is 8.56. The number of hydrogen-bond acceptors (Lipinski definition) is 2.